The second-order valence-corrected chi connectivity index (χ2v) is 5.12. The smallest absolute Gasteiger partial charge is 0.122 e. The lowest BCUT2D eigenvalue weighted by Crippen LogP contribution is -2.12. The highest BCUT2D eigenvalue weighted by atomic mass is 35.5. The molecule has 1 aromatic heterocycles. The molecular formula is C13H10Cl2N2OS. The maximum Gasteiger partial charge on any atom is 0.122 e. The first-order valence-electron chi connectivity index (χ1n) is 5.38. The average Bonchev–Trinajstić information content (AvgIpc) is 2.35. The van der Waals surface area contributed by atoms with Crippen molar-refractivity contribution in [3.8, 4) is 5.75 Å². The maximum atomic E-state index is 5.89. The SMILES string of the molecule is NC(=S)c1cc(COc2cc(Cl)cc(Cl)c2)ccn1. The molecule has 0 unspecified atom stereocenters. The van der Waals surface area contributed by atoms with Gasteiger partial charge in [0.1, 0.15) is 17.3 Å². The fourth-order valence-corrected chi connectivity index (χ4v) is 2.10. The van der Waals surface area contributed by atoms with Crippen molar-refractivity contribution in [2.75, 3.05) is 0 Å². The van der Waals surface area contributed by atoms with Crippen molar-refractivity contribution in [1.29, 1.82) is 0 Å². The predicted molar refractivity (Wildman–Crippen MR) is 80.9 cm³/mol. The highest BCUT2D eigenvalue weighted by Crippen LogP contribution is 2.24. The maximum absolute atomic E-state index is 5.89. The summed E-state index contributed by atoms with van der Waals surface area (Å²) in [6.07, 6.45) is 1.64. The van der Waals surface area contributed by atoms with Gasteiger partial charge in [-0.05, 0) is 35.9 Å². The van der Waals surface area contributed by atoms with Crippen LogP contribution in [0.3, 0.4) is 0 Å². The second-order valence-electron chi connectivity index (χ2n) is 3.81. The van der Waals surface area contributed by atoms with Crippen LogP contribution in [-0.4, -0.2) is 9.97 Å². The Kier molecular flexibility index (Phi) is 4.58. The molecule has 0 aliphatic heterocycles. The molecule has 2 rings (SSSR count). The molecule has 0 radical (unpaired) electrons. The van der Waals surface area contributed by atoms with Crippen molar-refractivity contribution in [3.63, 3.8) is 0 Å². The first kappa shape index (κ1) is 14.1. The van der Waals surface area contributed by atoms with Gasteiger partial charge in [0, 0.05) is 16.2 Å². The largest absolute Gasteiger partial charge is 0.489 e. The number of aromatic nitrogens is 1. The number of ether oxygens (including phenoxy) is 1. The highest BCUT2D eigenvalue weighted by molar-refractivity contribution is 7.80. The average molecular weight is 313 g/mol. The van der Waals surface area contributed by atoms with Gasteiger partial charge in [-0.25, -0.2) is 0 Å². The van der Waals surface area contributed by atoms with Crippen LogP contribution in [0.5, 0.6) is 5.75 Å². The summed E-state index contributed by atoms with van der Waals surface area (Å²) in [5, 5.41) is 1.06. The van der Waals surface area contributed by atoms with Gasteiger partial charge >= 0.3 is 0 Å². The van der Waals surface area contributed by atoms with Crippen LogP contribution in [0.4, 0.5) is 0 Å². The molecule has 98 valence electrons. The summed E-state index contributed by atoms with van der Waals surface area (Å²) < 4.78 is 5.61. The van der Waals surface area contributed by atoms with Gasteiger partial charge in [-0.1, -0.05) is 35.4 Å². The van der Waals surface area contributed by atoms with E-state index in [1.807, 2.05) is 6.07 Å². The lowest BCUT2D eigenvalue weighted by atomic mass is 10.2. The van der Waals surface area contributed by atoms with Gasteiger partial charge in [-0.15, -0.1) is 0 Å². The number of rotatable bonds is 4. The van der Waals surface area contributed by atoms with Crippen LogP contribution in [0.15, 0.2) is 36.5 Å². The molecule has 2 N–H and O–H groups in total. The minimum Gasteiger partial charge on any atom is -0.489 e. The molecule has 0 saturated heterocycles. The van der Waals surface area contributed by atoms with E-state index in [1.54, 1.807) is 30.5 Å². The zero-order valence-corrected chi connectivity index (χ0v) is 12.1. The fourth-order valence-electron chi connectivity index (χ4n) is 1.48. The summed E-state index contributed by atoms with van der Waals surface area (Å²) >= 11 is 16.7. The zero-order valence-electron chi connectivity index (χ0n) is 9.77. The van der Waals surface area contributed by atoms with Gasteiger partial charge in [0.25, 0.3) is 0 Å². The Morgan fingerprint density at radius 3 is 2.53 bits per heavy atom. The fraction of sp³-hybridized carbons (Fsp3) is 0.0769. The topological polar surface area (TPSA) is 48.1 Å². The Labute approximate surface area is 126 Å². The lowest BCUT2D eigenvalue weighted by molar-refractivity contribution is 0.306. The number of thiocarbonyl (C=S) groups is 1. The Hall–Kier alpha value is -1.36. The highest BCUT2D eigenvalue weighted by Gasteiger charge is 2.03. The molecule has 3 nitrogen and oxygen atoms in total. The minimum atomic E-state index is 0.257. The van der Waals surface area contributed by atoms with E-state index in [4.69, 9.17) is 45.9 Å². The molecule has 0 saturated carbocycles. The van der Waals surface area contributed by atoms with Crippen LogP contribution < -0.4 is 10.5 Å². The van der Waals surface area contributed by atoms with Crippen LogP contribution in [0.25, 0.3) is 0 Å². The molecule has 0 fully saturated rings. The monoisotopic (exact) mass is 312 g/mol. The van der Waals surface area contributed by atoms with Crippen LogP contribution in [0, 0.1) is 0 Å². The zero-order chi connectivity index (χ0) is 13.8. The molecule has 19 heavy (non-hydrogen) atoms. The molecule has 1 heterocycles. The third-order valence-corrected chi connectivity index (χ3v) is 2.96. The first-order valence-corrected chi connectivity index (χ1v) is 6.54. The predicted octanol–water partition coefficient (Wildman–Crippen LogP) is 3.60. The number of nitrogens with zero attached hydrogens (tertiary/aromatic N) is 1. The van der Waals surface area contributed by atoms with Crippen LogP contribution in [0.1, 0.15) is 11.3 Å². The molecule has 0 aliphatic rings. The van der Waals surface area contributed by atoms with Crippen molar-refractivity contribution < 1.29 is 4.74 Å². The molecule has 0 amide bonds. The van der Waals surface area contributed by atoms with Gasteiger partial charge in [0.05, 0.1) is 5.69 Å². The van der Waals surface area contributed by atoms with Crippen molar-refractivity contribution in [2.24, 2.45) is 5.73 Å². The number of hydrogen-bond donors (Lipinski definition) is 1. The third kappa shape index (κ3) is 4.06. The third-order valence-electron chi connectivity index (χ3n) is 2.32. The minimum absolute atomic E-state index is 0.257. The molecule has 6 heteroatoms. The Morgan fingerprint density at radius 2 is 1.89 bits per heavy atom. The summed E-state index contributed by atoms with van der Waals surface area (Å²) in [4.78, 5) is 4.32. The Morgan fingerprint density at radius 1 is 1.21 bits per heavy atom. The summed E-state index contributed by atoms with van der Waals surface area (Å²) in [6.45, 7) is 0.356. The van der Waals surface area contributed by atoms with Gasteiger partial charge in [-0.3, -0.25) is 4.98 Å². The standard InChI is InChI=1S/C13H10Cl2N2OS/c14-9-4-10(15)6-11(5-9)18-7-8-1-2-17-12(3-8)13(16)19/h1-6H,7H2,(H2,16,19). The molecule has 1 aromatic carbocycles. The van der Waals surface area contributed by atoms with Crippen molar-refractivity contribution in [2.45, 2.75) is 6.61 Å². The van der Waals surface area contributed by atoms with E-state index in [9.17, 15) is 0 Å². The van der Waals surface area contributed by atoms with Gasteiger partial charge in [0.2, 0.25) is 0 Å². The summed E-state index contributed by atoms with van der Waals surface area (Å²) in [7, 11) is 0. The summed E-state index contributed by atoms with van der Waals surface area (Å²) in [6, 6.07) is 8.65. The molecule has 0 atom stereocenters. The summed E-state index contributed by atoms with van der Waals surface area (Å²) in [5.74, 6) is 0.603. The van der Waals surface area contributed by atoms with Crippen LogP contribution >= 0.6 is 35.4 Å². The van der Waals surface area contributed by atoms with Crippen LogP contribution in [0.2, 0.25) is 10.0 Å². The van der Waals surface area contributed by atoms with E-state index < -0.39 is 0 Å². The number of benzene rings is 1. The quantitative estimate of drug-likeness (QED) is 0.876. The van der Waals surface area contributed by atoms with E-state index in [-0.39, 0.29) is 4.99 Å². The summed E-state index contributed by atoms with van der Waals surface area (Å²) in [5.41, 5.74) is 7.00. The van der Waals surface area contributed by atoms with E-state index in [2.05, 4.69) is 4.98 Å². The van der Waals surface area contributed by atoms with Crippen molar-refractivity contribution in [1.82, 2.24) is 4.98 Å². The van der Waals surface area contributed by atoms with Crippen LogP contribution in [-0.2, 0) is 6.61 Å². The molecule has 0 bridgehead atoms. The number of nitrogens with two attached hydrogens (primary N) is 1. The van der Waals surface area contributed by atoms with E-state index in [0.717, 1.165) is 5.56 Å². The first-order chi connectivity index (χ1) is 9.04. The van der Waals surface area contributed by atoms with Gasteiger partial charge in [0.15, 0.2) is 0 Å². The molecule has 0 spiro atoms. The Balaban J connectivity index is 2.10. The van der Waals surface area contributed by atoms with Gasteiger partial charge < -0.3 is 10.5 Å². The number of pyridine rings is 1. The van der Waals surface area contributed by atoms with E-state index in [1.165, 1.54) is 0 Å². The van der Waals surface area contributed by atoms with Crippen molar-refractivity contribution >= 4 is 40.4 Å². The van der Waals surface area contributed by atoms with Crippen molar-refractivity contribution in [3.05, 3.63) is 57.8 Å². The number of hydrogen-bond acceptors (Lipinski definition) is 3. The second kappa shape index (κ2) is 6.19. The van der Waals surface area contributed by atoms with E-state index >= 15 is 0 Å². The van der Waals surface area contributed by atoms with Gasteiger partial charge in [-0.2, -0.15) is 0 Å². The van der Waals surface area contributed by atoms with E-state index in [0.29, 0.717) is 28.1 Å². The number of halogens is 2. The Bertz CT molecular complexity index is 599. The molecule has 2 aromatic rings. The lowest BCUT2D eigenvalue weighted by Gasteiger charge is -2.08. The normalized spacial score (nSPS) is 10.2. The molecular weight excluding hydrogens is 303 g/mol. The molecule has 0 aliphatic carbocycles.